The van der Waals surface area contributed by atoms with Crippen molar-refractivity contribution in [2.24, 2.45) is 35.5 Å². The molecule has 4 aliphatic rings. The van der Waals surface area contributed by atoms with Crippen LogP contribution in [0.5, 0.6) is 0 Å². The van der Waals surface area contributed by atoms with Crippen molar-refractivity contribution in [1.82, 2.24) is 21.3 Å². The molecule has 8 nitrogen and oxygen atoms in total. The zero-order valence-corrected chi connectivity index (χ0v) is 31.0. The molecular weight excluding hydrogens is 600 g/mol. The summed E-state index contributed by atoms with van der Waals surface area (Å²) in [4.78, 5) is 56.6. The molecule has 10 unspecified atom stereocenters. The van der Waals surface area contributed by atoms with Crippen molar-refractivity contribution in [3.63, 3.8) is 0 Å². The third-order valence-corrected chi connectivity index (χ3v) is 13.1. The van der Waals surface area contributed by atoms with Crippen molar-refractivity contribution in [2.75, 3.05) is 0 Å². The number of rotatable bonds is 15. The summed E-state index contributed by atoms with van der Waals surface area (Å²) in [5.74, 6) is -0.966. The summed E-state index contributed by atoms with van der Waals surface area (Å²) in [7, 11) is 0. The average Bonchev–Trinajstić information content (AvgIpc) is 3.10. The summed E-state index contributed by atoms with van der Waals surface area (Å²) in [6.07, 6.45) is 21.0. The van der Waals surface area contributed by atoms with Crippen LogP contribution in [0.15, 0.2) is 0 Å². The molecule has 4 N–H and O–H groups in total. The van der Waals surface area contributed by atoms with Gasteiger partial charge in [0.1, 0.15) is 0 Å². The van der Waals surface area contributed by atoms with Gasteiger partial charge in [-0.15, -0.1) is 0 Å². The van der Waals surface area contributed by atoms with Crippen LogP contribution in [0.25, 0.3) is 0 Å². The zero-order chi connectivity index (χ0) is 34.5. The first-order chi connectivity index (χ1) is 23.3. The summed E-state index contributed by atoms with van der Waals surface area (Å²) in [5, 5.41) is 13.3. The number of amides is 4. The van der Waals surface area contributed by atoms with Crippen molar-refractivity contribution < 1.29 is 19.2 Å². The van der Waals surface area contributed by atoms with Crippen LogP contribution in [-0.2, 0) is 19.2 Å². The molecule has 274 valence electrons. The largest absolute Gasteiger partial charge is 0.353 e. The summed E-state index contributed by atoms with van der Waals surface area (Å²) >= 11 is 0. The minimum atomic E-state index is -0.907. The fourth-order valence-corrected chi connectivity index (χ4v) is 9.89. The molecule has 4 fully saturated rings. The monoisotopic (exact) mass is 671 g/mol. The van der Waals surface area contributed by atoms with Crippen LogP contribution >= 0.6 is 0 Å². The van der Waals surface area contributed by atoms with Gasteiger partial charge in [0.2, 0.25) is 23.6 Å². The molecule has 10 atom stereocenters. The maximum Gasteiger partial charge on any atom is 0.224 e. The Labute approximate surface area is 292 Å². The van der Waals surface area contributed by atoms with E-state index in [1.54, 1.807) is 0 Å². The Morgan fingerprint density at radius 3 is 0.938 bits per heavy atom. The van der Waals surface area contributed by atoms with Crippen molar-refractivity contribution in [3.8, 4) is 0 Å². The van der Waals surface area contributed by atoms with Gasteiger partial charge in [0.15, 0.2) is 0 Å². The van der Waals surface area contributed by atoms with Gasteiger partial charge in [0.25, 0.3) is 0 Å². The Morgan fingerprint density at radius 2 is 0.667 bits per heavy atom. The van der Waals surface area contributed by atoms with Gasteiger partial charge in [0, 0.05) is 37.0 Å². The highest BCUT2D eigenvalue weighted by molar-refractivity contribution is 5.94. The molecule has 8 heteroatoms. The summed E-state index contributed by atoms with van der Waals surface area (Å²) in [6.45, 7) is 8.72. The Kier molecular flexibility index (Phi) is 16.0. The third kappa shape index (κ3) is 10.9. The number of nitrogens with one attached hydrogen (secondary N) is 4. The quantitative estimate of drug-likeness (QED) is 0.146. The van der Waals surface area contributed by atoms with Crippen LogP contribution in [0, 0.1) is 35.5 Å². The lowest BCUT2D eigenvalue weighted by Crippen LogP contribution is -2.53. The predicted molar refractivity (Wildman–Crippen MR) is 193 cm³/mol. The van der Waals surface area contributed by atoms with Crippen molar-refractivity contribution in [1.29, 1.82) is 0 Å². The minimum Gasteiger partial charge on any atom is -0.353 e. The molecule has 4 amide bonds. The summed E-state index contributed by atoms with van der Waals surface area (Å²) < 4.78 is 0. The minimum absolute atomic E-state index is 0.0394. The molecule has 4 saturated carbocycles. The van der Waals surface area contributed by atoms with E-state index in [1.807, 2.05) is 0 Å². The lowest BCUT2D eigenvalue weighted by atomic mass is 9.79. The summed E-state index contributed by atoms with van der Waals surface area (Å²) in [6, 6.07) is 0.279. The van der Waals surface area contributed by atoms with Crippen molar-refractivity contribution in [3.05, 3.63) is 0 Å². The molecule has 0 radical (unpaired) electrons. The van der Waals surface area contributed by atoms with Crippen LogP contribution in [-0.4, -0.2) is 47.8 Å². The second-order valence-corrected chi connectivity index (χ2v) is 16.0. The normalized spacial score (nSPS) is 32.3. The van der Waals surface area contributed by atoms with Gasteiger partial charge in [-0.3, -0.25) is 19.2 Å². The van der Waals surface area contributed by atoms with Gasteiger partial charge < -0.3 is 21.3 Å². The van der Waals surface area contributed by atoms with Gasteiger partial charge in [-0.25, -0.2) is 0 Å². The Hall–Kier alpha value is -2.12. The Morgan fingerprint density at radius 1 is 0.417 bits per heavy atom. The molecule has 48 heavy (non-hydrogen) atoms. The molecule has 0 aromatic carbocycles. The van der Waals surface area contributed by atoms with E-state index in [-0.39, 0.29) is 60.6 Å². The molecule has 4 rings (SSSR count). The highest BCUT2D eigenvalue weighted by atomic mass is 16.2. The molecular formula is C40H70N4O4. The Balaban J connectivity index is 1.60. The molecule has 0 aromatic heterocycles. The third-order valence-electron chi connectivity index (χ3n) is 13.1. The molecule has 0 aliphatic heterocycles. The van der Waals surface area contributed by atoms with Crippen LogP contribution in [0.1, 0.15) is 169 Å². The maximum absolute atomic E-state index is 14.4. The fourth-order valence-electron chi connectivity index (χ4n) is 9.89. The fraction of sp³-hybridized carbons (Fsp3) is 0.900. The Bertz CT molecular complexity index is 955. The maximum atomic E-state index is 14.4. The van der Waals surface area contributed by atoms with Gasteiger partial charge in [0.05, 0.1) is 11.8 Å². The number of carbonyl (C=O) groups excluding carboxylic acids is 4. The number of hydrogen-bond acceptors (Lipinski definition) is 4. The molecule has 0 bridgehead atoms. The first-order valence-corrected chi connectivity index (χ1v) is 20.5. The van der Waals surface area contributed by atoms with E-state index in [0.717, 1.165) is 103 Å². The average molecular weight is 671 g/mol. The SMILES string of the molecule is CCC1CCCCC1NC(=O)CC(C(=O)NC1CCCCC1CC)C(CC(=O)NC1CCCCC1CC)C(=O)NC1CCCCC1CC. The molecule has 0 heterocycles. The van der Waals surface area contributed by atoms with E-state index in [9.17, 15) is 19.2 Å². The smallest absolute Gasteiger partial charge is 0.224 e. The summed E-state index contributed by atoms with van der Waals surface area (Å²) in [5.41, 5.74) is 0. The highest BCUT2D eigenvalue weighted by Crippen LogP contribution is 2.32. The van der Waals surface area contributed by atoms with Crippen LogP contribution in [0.2, 0.25) is 0 Å². The lowest BCUT2D eigenvalue weighted by Gasteiger charge is -2.36. The molecule has 0 spiro atoms. The standard InChI is InChI=1S/C40H70N4O4/c1-5-27-17-9-13-21-33(27)41-37(45)25-31(39(47)43-35-23-15-11-19-29(35)7-3)32(40(48)44-36-24-16-12-20-30(36)8-4)26-38(46)42-34-22-14-10-18-28(34)6-2/h27-36H,5-26H2,1-4H3,(H,41,45)(H,42,46)(H,43,47)(H,44,48). The second-order valence-electron chi connectivity index (χ2n) is 16.0. The second kappa shape index (κ2) is 19.9. The van der Waals surface area contributed by atoms with E-state index in [2.05, 4.69) is 49.0 Å². The first kappa shape index (κ1) is 38.7. The van der Waals surface area contributed by atoms with E-state index in [1.165, 1.54) is 25.7 Å². The van der Waals surface area contributed by atoms with Crippen LogP contribution in [0.3, 0.4) is 0 Å². The van der Waals surface area contributed by atoms with Crippen molar-refractivity contribution >= 4 is 23.6 Å². The van der Waals surface area contributed by atoms with Crippen LogP contribution in [0.4, 0.5) is 0 Å². The molecule has 0 aromatic rings. The first-order valence-electron chi connectivity index (χ1n) is 20.5. The predicted octanol–water partition coefficient (Wildman–Crippen LogP) is 7.34. The van der Waals surface area contributed by atoms with E-state index < -0.39 is 11.8 Å². The van der Waals surface area contributed by atoms with Crippen LogP contribution < -0.4 is 21.3 Å². The van der Waals surface area contributed by atoms with Crippen molar-refractivity contribution in [2.45, 2.75) is 193 Å². The van der Waals surface area contributed by atoms with E-state index in [0.29, 0.717) is 23.7 Å². The number of carbonyl (C=O) groups is 4. The topological polar surface area (TPSA) is 116 Å². The molecule has 0 saturated heterocycles. The highest BCUT2D eigenvalue weighted by Gasteiger charge is 2.41. The van der Waals surface area contributed by atoms with Gasteiger partial charge >= 0.3 is 0 Å². The number of hydrogen-bond donors (Lipinski definition) is 4. The van der Waals surface area contributed by atoms with Gasteiger partial charge in [-0.05, 0) is 75.0 Å². The lowest BCUT2D eigenvalue weighted by molar-refractivity contribution is -0.141. The van der Waals surface area contributed by atoms with Gasteiger partial charge in [-0.2, -0.15) is 0 Å². The zero-order valence-electron chi connectivity index (χ0n) is 31.0. The molecule has 4 aliphatic carbocycles. The van der Waals surface area contributed by atoms with Gasteiger partial charge in [-0.1, -0.05) is 105 Å². The van der Waals surface area contributed by atoms with E-state index >= 15 is 0 Å². The van der Waals surface area contributed by atoms with E-state index in [4.69, 9.17) is 0 Å².